The van der Waals surface area contributed by atoms with Gasteiger partial charge in [-0.1, -0.05) is 0 Å². The highest BCUT2D eigenvalue weighted by atomic mass is 31.2. The maximum absolute atomic E-state index is 12.8. The van der Waals surface area contributed by atoms with E-state index in [1.54, 1.807) is 0 Å². The molecule has 0 spiro atoms. The molecule has 0 N–H and O–H groups in total. The molecule has 0 aromatic rings. The Labute approximate surface area is 153 Å². The van der Waals surface area contributed by atoms with Gasteiger partial charge in [-0.25, -0.2) is 4.57 Å². The summed E-state index contributed by atoms with van der Waals surface area (Å²) in [6.45, 7) is 7.65. The summed E-state index contributed by atoms with van der Waals surface area (Å²) in [4.78, 5) is 32.6. The minimum Gasteiger partial charge on any atom is -0.463 e. The van der Waals surface area contributed by atoms with Gasteiger partial charge in [0.15, 0.2) is 0 Å². The molecule has 0 radical (unpaired) electrons. The van der Waals surface area contributed by atoms with Gasteiger partial charge in [0.2, 0.25) is 0 Å². The normalized spacial score (nSPS) is 16.7. The van der Waals surface area contributed by atoms with E-state index in [1.165, 1.54) is 41.5 Å². The summed E-state index contributed by atoms with van der Waals surface area (Å²) >= 11 is 0. The minimum absolute atomic E-state index is 0.163. The highest BCUT2D eigenvalue weighted by Crippen LogP contribution is 2.51. The Morgan fingerprint density at radius 2 is 1.15 bits per heavy atom. The number of esters is 3. The molecule has 0 amide bonds. The highest BCUT2D eigenvalue weighted by molar-refractivity contribution is 7.48. The smallest absolute Gasteiger partial charge is 0.463 e. The Morgan fingerprint density at radius 3 is 1.50 bits per heavy atom. The van der Waals surface area contributed by atoms with Crippen LogP contribution in [0.25, 0.3) is 0 Å². The van der Waals surface area contributed by atoms with Crippen LogP contribution in [0, 0.1) is 0 Å². The summed E-state index contributed by atoms with van der Waals surface area (Å²) in [5.74, 6) is -1.57. The fourth-order valence-electron chi connectivity index (χ4n) is 1.57. The third-order valence-electron chi connectivity index (χ3n) is 2.50. The summed E-state index contributed by atoms with van der Waals surface area (Å²) in [5, 5.41) is 0. The first-order valence-electron chi connectivity index (χ1n) is 7.98. The zero-order valence-corrected chi connectivity index (χ0v) is 16.8. The molecular weight excluding hydrogens is 371 g/mol. The first-order valence-corrected chi connectivity index (χ1v) is 9.45. The highest BCUT2D eigenvalue weighted by Gasteiger charge is 2.33. The van der Waals surface area contributed by atoms with Crippen LogP contribution in [-0.4, -0.2) is 56.0 Å². The largest absolute Gasteiger partial charge is 0.475 e. The lowest BCUT2D eigenvalue weighted by atomic mass is 10.4. The SMILES string of the molecule is CC(=O)OCC(C)OP(=O)(OCC(C)OC(C)=O)OC(C)COC(C)=O. The number of ether oxygens (including phenoxy) is 3. The van der Waals surface area contributed by atoms with E-state index < -0.39 is 44.0 Å². The van der Waals surface area contributed by atoms with Gasteiger partial charge in [-0.3, -0.25) is 28.0 Å². The Kier molecular flexibility index (Phi) is 11.3. The lowest BCUT2D eigenvalue weighted by Gasteiger charge is -2.25. The molecular formula is C15H27O10P. The average Bonchev–Trinajstić information content (AvgIpc) is 2.48. The van der Waals surface area contributed by atoms with E-state index in [9.17, 15) is 18.9 Å². The van der Waals surface area contributed by atoms with Crippen molar-refractivity contribution in [2.75, 3.05) is 19.8 Å². The van der Waals surface area contributed by atoms with Gasteiger partial charge in [0.25, 0.3) is 0 Å². The summed E-state index contributed by atoms with van der Waals surface area (Å²) in [7, 11) is -4.12. The van der Waals surface area contributed by atoms with Crippen molar-refractivity contribution < 1.29 is 46.7 Å². The van der Waals surface area contributed by atoms with Gasteiger partial charge in [0, 0.05) is 20.8 Å². The second-order valence-corrected chi connectivity index (χ2v) is 7.17. The van der Waals surface area contributed by atoms with Crippen LogP contribution in [0.15, 0.2) is 0 Å². The second kappa shape index (κ2) is 12.0. The van der Waals surface area contributed by atoms with Crippen molar-refractivity contribution in [3.63, 3.8) is 0 Å². The van der Waals surface area contributed by atoms with E-state index >= 15 is 0 Å². The molecule has 26 heavy (non-hydrogen) atoms. The first kappa shape index (κ1) is 24.5. The van der Waals surface area contributed by atoms with Gasteiger partial charge < -0.3 is 14.2 Å². The lowest BCUT2D eigenvalue weighted by Crippen LogP contribution is -2.24. The molecule has 11 heteroatoms. The summed E-state index contributed by atoms with van der Waals surface area (Å²) < 4.78 is 43.0. The fourth-order valence-corrected chi connectivity index (χ4v) is 3.14. The molecule has 0 rings (SSSR count). The van der Waals surface area contributed by atoms with Crippen LogP contribution in [0.4, 0.5) is 0 Å². The Morgan fingerprint density at radius 1 is 0.731 bits per heavy atom. The zero-order chi connectivity index (χ0) is 20.3. The van der Waals surface area contributed by atoms with Crippen molar-refractivity contribution in [1.29, 1.82) is 0 Å². The number of carbonyl (C=O) groups is 3. The number of phosphoric ester groups is 1. The molecule has 0 aliphatic heterocycles. The van der Waals surface area contributed by atoms with Gasteiger partial charge in [-0.2, -0.15) is 0 Å². The molecule has 3 atom stereocenters. The number of rotatable bonds is 12. The molecule has 0 saturated heterocycles. The molecule has 0 saturated carbocycles. The summed E-state index contributed by atoms with van der Waals surface area (Å²) in [6, 6.07) is 0. The van der Waals surface area contributed by atoms with Crippen molar-refractivity contribution >= 4 is 25.7 Å². The molecule has 0 aromatic carbocycles. The lowest BCUT2D eigenvalue weighted by molar-refractivity contribution is -0.147. The number of hydrogen-bond donors (Lipinski definition) is 0. The molecule has 0 aliphatic carbocycles. The molecule has 0 bridgehead atoms. The fraction of sp³-hybridized carbons (Fsp3) is 0.800. The van der Waals surface area contributed by atoms with Gasteiger partial charge >= 0.3 is 25.7 Å². The van der Waals surface area contributed by atoms with E-state index in [0.717, 1.165) is 0 Å². The maximum Gasteiger partial charge on any atom is 0.475 e. The van der Waals surface area contributed by atoms with Crippen LogP contribution < -0.4 is 0 Å². The Hall–Kier alpha value is -1.48. The van der Waals surface area contributed by atoms with E-state index in [-0.39, 0.29) is 19.8 Å². The van der Waals surface area contributed by atoms with Crippen LogP contribution in [0.1, 0.15) is 41.5 Å². The van der Waals surface area contributed by atoms with Crippen LogP contribution in [-0.2, 0) is 46.7 Å². The van der Waals surface area contributed by atoms with Gasteiger partial charge in [0.1, 0.15) is 31.5 Å². The standard InChI is InChI=1S/C15H27O10P/c1-10(23-15(6)18)9-22-26(19,24-11(2)7-20-13(4)16)25-12(3)8-21-14(5)17/h10-12H,7-9H2,1-6H3. The van der Waals surface area contributed by atoms with E-state index in [0.29, 0.717) is 0 Å². The Bertz CT molecular complexity index is 491. The molecule has 0 aromatic heterocycles. The minimum atomic E-state index is -4.12. The Balaban J connectivity index is 4.87. The summed E-state index contributed by atoms with van der Waals surface area (Å²) in [5.41, 5.74) is 0. The van der Waals surface area contributed by atoms with Crippen molar-refractivity contribution in [2.24, 2.45) is 0 Å². The van der Waals surface area contributed by atoms with Crippen LogP contribution in [0.2, 0.25) is 0 Å². The predicted octanol–water partition coefficient (Wildman–Crippen LogP) is 2.00. The molecule has 152 valence electrons. The number of phosphoric acid groups is 1. The van der Waals surface area contributed by atoms with Crippen LogP contribution in [0.3, 0.4) is 0 Å². The van der Waals surface area contributed by atoms with Crippen molar-refractivity contribution in [1.82, 2.24) is 0 Å². The average molecular weight is 398 g/mol. The quantitative estimate of drug-likeness (QED) is 0.274. The molecule has 3 unspecified atom stereocenters. The maximum atomic E-state index is 12.8. The van der Waals surface area contributed by atoms with Crippen molar-refractivity contribution in [3.05, 3.63) is 0 Å². The molecule has 0 heterocycles. The topological polar surface area (TPSA) is 124 Å². The predicted molar refractivity (Wildman–Crippen MR) is 89.1 cm³/mol. The second-order valence-electron chi connectivity index (χ2n) is 5.60. The zero-order valence-electron chi connectivity index (χ0n) is 15.9. The van der Waals surface area contributed by atoms with E-state index in [2.05, 4.69) is 0 Å². The van der Waals surface area contributed by atoms with Crippen LogP contribution in [0.5, 0.6) is 0 Å². The van der Waals surface area contributed by atoms with Gasteiger partial charge in [0.05, 0.1) is 6.61 Å². The summed E-state index contributed by atoms with van der Waals surface area (Å²) in [6.07, 6.45) is -2.29. The van der Waals surface area contributed by atoms with Crippen molar-refractivity contribution in [3.8, 4) is 0 Å². The molecule has 0 fully saturated rings. The van der Waals surface area contributed by atoms with Gasteiger partial charge in [-0.15, -0.1) is 0 Å². The number of hydrogen-bond acceptors (Lipinski definition) is 10. The first-order chi connectivity index (χ1) is 11.9. The van der Waals surface area contributed by atoms with Gasteiger partial charge in [-0.05, 0) is 20.8 Å². The third-order valence-corrected chi connectivity index (χ3v) is 4.20. The van der Waals surface area contributed by atoms with Crippen LogP contribution >= 0.6 is 7.82 Å². The van der Waals surface area contributed by atoms with Crippen molar-refractivity contribution in [2.45, 2.75) is 59.9 Å². The third kappa shape index (κ3) is 12.8. The molecule has 0 aliphatic rings. The molecule has 10 nitrogen and oxygen atoms in total. The van der Waals surface area contributed by atoms with E-state index in [1.807, 2.05) is 0 Å². The monoisotopic (exact) mass is 398 g/mol. The number of carbonyl (C=O) groups excluding carboxylic acids is 3. The van der Waals surface area contributed by atoms with E-state index in [4.69, 9.17) is 27.8 Å².